The number of anilines is 1. The Kier molecular flexibility index (Phi) is 6.21. The number of urea groups is 1. The third-order valence-corrected chi connectivity index (χ3v) is 3.61. The van der Waals surface area contributed by atoms with Crippen molar-refractivity contribution in [3.8, 4) is 11.8 Å². The van der Waals surface area contributed by atoms with Gasteiger partial charge in [0.05, 0.1) is 12.5 Å². The van der Waals surface area contributed by atoms with Crippen LogP contribution in [0.1, 0.15) is 24.5 Å². The summed E-state index contributed by atoms with van der Waals surface area (Å²) in [6.45, 7) is 4.16. The normalized spacial score (nSPS) is 11.2. The van der Waals surface area contributed by atoms with E-state index >= 15 is 0 Å². The molecule has 5 heteroatoms. The third-order valence-electron chi connectivity index (χ3n) is 3.61. The Morgan fingerprint density at radius 3 is 2.67 bits per heavy atom. The van der Waals surface area contributed by atoms with E-state index in [0.29, 0.717) is 6.61 Å². The van der Waals surface area contributed by atoms with E-state index in [1.807, 2.05) is 61.5 Å². The molecule has 5 nitrogen and oxygen atoms in total. The van der Waals surface area contributed by atoms with E-state index in [1.165, 1.54) is 0 Å². The van der Waals surface area contributed by atoms with Gasteiger partial charge >= 0.3 is 6.03 Å². The minimum Gasteiger partial charge on any atom is -0.489 e. The van der Waals surface area contributed by atoms with Crippen LogP contribution in [-0.2, 0) is 6.61 Å². The quantitative estimate of drug-likeness (QED) is 0.844. The molecule has 2 rings (SSSR count). The van der Waals surface area contributed by atoms with Crippen LogP contribution in [0.2, 0.25) is 0 Å². The first-order chi connectivity index (χ1) is 11.6. The molecule has 0 spiro atoms. The van der Waals surface area contributed by atoms with Crippen LogP contribution in [0.4, 0.5) is 10.5 Å². The molecule has 0 saturated carbocycles. The molecule has 0 aliphatic rings. The van der Waals surface area contributed by atoms with Crippen LogP contribution in [0.5, 0.6) is 5.75 Å². The van der Waals surface area contributed by atoms with Crippen LogP contribution < -0.4 is 15.4 Å². The number of ether oxygens (including phenoxy) is 1. The summed E-state index contributed by atoms with van der Waals surface area (Å²) in [6.07, 6.45) is 0.275. The molecular formula is C19H21N3O2. The average molecular weight is 323 g/mol. The molecular weight excluding hydrogens is 302 g/mol. The van der Waals surface area contributed by atoms with Gasteiger partial charge in [0.15, 0.2) is 0 Å². The molecule has 0 fully saturated rings. The lowest BCUT2D eigenvalue weighted by atomic mass is 10.1. The fraction of sp³-hybridized carbons (Fsp3) is 0.263. The maximum Gasteiger partial charge on any atom is 0.319 e. The van der Waals surface area contributed by atoms with Gasteiger partial charge in [-0.1, -0.05) is 30.3 Å². The Bertz CT molecular complexity index is 723. The van der Waals surface area contributed by atoms with Gasteiger partial charge in [-0.05, 0) is 43.2 Å². The average Bonchev–Trinajstić information content (AvgIpc) is 2.56. The van der Waals surface area contributed by atoms with Crippen LogP contribution >= 0.6 is 0 Å². The van der Waals surface area contributed by atoms with Crippen molar-refractivity contribution < 1.29 is 9.53 Å². The summed E-state index contributed by atoms with van der Waals surface area (Å²) in [6, 6.07) is 16.8. The van der Waals surface area contributed by atoms with Crippen LogP contribution in [0, 0.1) is 18.3 Å². The lowest BCUT2D eigenvalue weighted by molar-refractivity contribution is 0.249. The van der Waals surface area contributed by atoms with Crippen LogP contribution in [0.3, 0.4) is 0 Å². The zero-order chi connectivity index (χ0) is 17.4. The van der Waals surface area contributed by atoms with Crippen LogP contribution in [-0.4, -0.2) is 12.1 Å². The summed E-state index contributed by atoms with van der Waals surface area (Å²) in [5.41, 5.74) is 2.68. The molecule has 2 N–H and O–H groups in total. The zero-order valence-corrected chi connectivity index (χ0v) is 13.9. The maximum absolute atomic E-state index is 12.0. The van der Waals surface area contributed by atoms with E-state index in [2.05, 4.69) is 10.6 Å². The topological polar surface area (TPSA) is 74.2 Å². The Balaban J connectivity index is 1.99. The van der Waals surface area contributed by atoms with Gasteiger partial charge in [-0.15, -0.1) is 0 Å². The van der Waals surface area contributed by atoms with Gasteiger partial charge in [-0.2, -0.15) is 5.26 Å². The molecule has 2 aromatic rings. The number of rotatable bonds is 6. The second-order valence-electron chi connectivity index (χ2n) is 5.55. The Morgan fingerprint density at radius 1 is 1.21 bits per heavy atom. The number of benzene rings is 2. The lowest BCUT2D eigenvalue weighted by Crippen LogP contribution is -2.36. The molecule has 2 aromatic carbocycles. The molecule has 0 aromatic heterocycles. The number of nitrogens with zero attached hydrogens (tertiary/aromatic N) is 1. The van der Waals surface area contributed by atoms with Crippen LogP contribution in [0.25, 0.3) is 0 Å². The molecule has 2 amide bonds. The molecule has 0 bridgehead atoms. The van der Waals surface area contributed by atoms with Crippen molar-refractivity contribution in [2.75, 3.05) is 5.32 Å². The standard InChI is InChI=1S/C19H21N3O2/c1-14(11-12-20)21-19(23)22-18-10-6-7-16(15(18)2)13-24-17-8-4-3-5-9-17/h3-10,14H,11,13H2,1-2H3,(H2,21,22,23)/t14-/m1/s1. The molecule has 0 aliphatic carbocycles. The minimum atomic E-state index is -0.318. The summed E-state index contributed by atoms with van der Waals surface area (Å²) in [7, 11) is 0. The van der Waals surface area contributed by atoms with Gasteiger partial charge in [0.1, 0.15) is 12.4 Å². The predicted molar refractivity (Wildman–Crippen MR) is 93.8 cm³/mol. The highest BCUT2D eigenvalue weighted by molar-refractivity contribution is 5.90. The van der Waals surface area contributed by atoms with Gasteiger partial charge < -0.3 is 15.4 Å². The second kappa shape index (κ2) is 8.59. The molecule has 0 unspecified atom stereocenters. The van der Waals surface area contributed by atoms with Crippen molar-refractivity contribution in [2.24, 2.45) is 0 Å². The monoisotopic (exact) mass is 323 g/mol. The Hall–Kier alpha value is -3.00. The van der Waals surface area contributed by atoms with E-state index in [4.69, 9.17) is 10.00 Å². The summed E-state index contributed by atoms with van der Waals surface area (Å²) < 4.78 is 5.76. The van der Waals surface area contributed by atoms with E-state index in [1.54, 1.807) is 6.92 Å². The van der Waals surface area contributed by atoms with Crippen molar-refractivity contribution in [2.45, 2.75) is 32.9 Å². The number of hydrogen-bond donors (Lipinski definition) is 2. The lowest BCUT2D eigenvalue weighted by Gasteiger charge is -2.15. The third kappa shape index (κ3) is 5.03. The first-order valence-corrected chi connectivity index (χ1v) is 7.81. The number of nitrogens with one attached hydrogen (secondary N) is 2. The Labute approximate surface area is 142 Å². The van der Waals surface area contributed by atoms with Gasteiger partial charge in [0, 0.05) is 11.7 Å². The molecule has 0 heterocycles. The fourth-order valence-electron chi connectivity index (χ4n) is 2.22. The largest absolute Gasteiger partial charge is 0.489 e. The van der Waals surface area contributed by atoms with E-state index in [-0.39, 0.29) is 18.5 Å². The van der Waals surface area contributed by atoms with E-state index in [0.717, 1.165) is 22.6 Å². The SMILES string of the molecule is Cc1c(COc2ccccc2)cccc1NC(=O)N[C@H](C)CC#N. The Morgan fingerprint density at radius 2 is 1.96 bits per heavy atom. The number of carbonyl (C=O) groups excluding carboxylic acids is 1. The van der Waals surface area contributed by atoms with Gasteiger partial charge in [0.2, 0.25) is 0 Å². The smallest absolute Gasteiger partial charge is 0.319 e. The molecule has 1 atom stereocenters. The second-order valence-corrected chi connectivity index (χ2v) is 5.55. The van der Waals surface area contributed by atoms with Gasteiger partial charge in [-0.25, -0.2) is 4.79 Å². The fourth-order valence-corrected chi connectivity index (χ4v) is 2.22. The van der Waals surface area contributed by atoms with Gasteiger partial charge in [0.25, 0.3) is 0 Å². The van der Waals surface area contributed by atoms with E-state index < -0.39 is 0 Å². The van der Waals surface area contributed by atoms with Gasteiger partial charge in [-0.3, -0.25) is 0 Å². The van der Waals surface area contributed by atoms with Crippen molar-refractivity contribution in [1.82, 2.24) is 5.32 Å². The zero-order valence-electron chi connectivity index (χ0n) is 13.9. The number of para-hydroxylation sites is 1. The highest BCUT2D eigenvalue weighted by Gasteiger charge is 2.10. The van der Waals surface area contributed by atoms with E-state index in [9.17, 15) is 4.79 Å². The van der Waals surface area contributed by atoms with Crippen molar-refractivity contribution in [1.29, 1.82) is 5.26 Å². The minimum absolute atomic E-state index is 0.195. The van der Waals surface area contributed by atoms with Crippen molar-refractivity contribution in [3.05, 3.63) is 59.7 Å². The van der Waals surface area contributed by atoms with Crippen molar-refractivity contribution in [3.63, 3.8) is 0 Å². The molecule has 0 saturated heterocycles. The van der Waals surface area contributed by atoms with Crippen molar-refractivity contribution >= 4 is 11.7 Å². The number of carbonyl (C=O) groups is 1. The number of amides is 2. The molecule has 0 radical (unpaired) electrons. The summed E-state index contributed by atoms with van der Waals surface area (Å²) >= 11 is 0. The molecule has 124 valence electrons. The molecule has 0 aliphatic heterocycles. The predicted octanol–water partition coefficient (Wildman–Crippen LogP) is 4.00. The van der Waals surface area contributed by atoms with Crippen LogP contribution in [0.15, 0.2) is 48.5 Å². The number of hydrogen-bond acceptors (Lipinski definition) is 3. The first-order valence-electron chi connectivity index (χ1n) is 7.81. The first kappa shape index (κ1) is 17.4. The summed E-state index contributed by atoms with van der Waals surface area (Å²) in [4.78, 5) is 12.0. The summed E-state index contributed by atoms with van der Waals surface area (Å²) in [5, 5.41) is 14.2. The highest BCUT2D eigenvalue weighted by atomic mass is 16.5. The molecule has 24 heavy (non-hydrogen) atoms. The number of nitriles is 1. The highest BCUT2D eigenvalue weighted by Crippen LogP contribution is 2.21. The summed E-state index contributed by atoms with van der Waals surface area (Å²) in [5.74, 6) is 0.804. The maximum atomic E-state index is 12.0.